The number of aromatic nitrogens is 1. The highest BCUT2D eigenvalue weighted by Gasteiger charge is 2.22. The minimum Gasteiger partial charge on any atom is -0.378 e. The van der Waals surface area contributed by atoms with Gasteiger partial charge in [0, 0.05) is 24.0 Å². The summed E-state index contributed by atoms with van der Waals surface area (Å²) in [5.74, 6) is -0.336. The molecule has 1 fully saturated rings. The third-order valence-corrected chi connectivity index (χ3v) is 3.53. The van der Waals surface area contributed by atoms with Gasteiger partial charge < -0.3 is 14.6 Å². The number of rotatable bonds is 1. The Labute approximate surface area is 123 Å². The van der Waals surface area contributed by atoms with Crippen LogP contribution in [-0.2, 0) is 4.74 Å². The van der Waals surface area contributed by atoms with Crippen LogP contribution in [0.4, 0.5) is 4.39 Å². The molecule has 114 valence electrons. The first kappa shape index (κ1) is 15.5. The number of nitrogens with one attached hydrogen (secondary N) is 1. The van der Waals surface area contributed by atoms with Crippen molar-refractivity contribution in [2.75, 3.05) is 26.3 Å². The first-order chi connectivity index (χ1) is 10.2. The van der Waals surface area contributed by atoms with E-state index in [1.165, 1.54) is 12.1 Å². The van der Waals surface area contributed by atoms with Gasteiger partial charge in [0.25, 0.3) is 5.91 Å². The van der Waals surface area contributed by atoms with E-state index >= 15 is 0 Å². The van der Waals surface area contributed by atoms with Gasteiger partial charge in [-0.2, -0.15) is 0 Å². The molecule has 0 unspecified atom stereocenters. The maximum Gasteiger partial charge on any atom is 0.270 e. The Balaban J connectivity index is 0.000000774. The van der Waals surface area contributed by atoms with Crippen molar-refractivity contribution in [2.45, 2.75) is 20.8 Å². The SMILES string of the molecule is CC.Cc1c(C(=O)N2CCOCC2)[nH]c2ccc(F)cc12. The van der Waals surface area contributed by atoms with Crippen LogP contribution in [0, 0.1) is 12.7 Å². The third-order valence-electron chi connectivity index (χ3n) is 3.53. The number of fused-ring (bicyclic) bond motifs is 1. The zero-order valence-electron chi connectivity index (χ0n) is 12.7. The second-order valence-corrected chi connectivity index (χ2v) is 4.72. The predicted molar refractivity (Wildman–Crippen MR) is 81.1 cm³/mol. The fourth-order valence-corrected chi connectivity index (χ4v) is 2.44. The smallest absolute Gasteiger partial charge is 0.270 e. The number of benzene rings is 1. The van der Waals surface area contributed by atoms with Crippen molar-refractivity contribution in [3.8, 4) is 0 Å². The molecular weight excluding hydrogens is 271 g/mol. The molecule has 1 saturated heterocycles. The zero-order valence-corrected chi connectivity index (χ0v) is 12.7. The summed E-state index contributed by atoms with van der Waals surface area (Å²) in [6.07, 6.45) is 0. The van der Waals surface area contributed by atoms with Crippen molar-refractivity contribution in [1.82, 2.24) is 9.88 Å². The van der Waals surface area contributed by atoms with Gasteiger partial charge in [-0.25, -0.2) is 4.39 Å². The number of aryl methyl sites for hydroxylation is 1. The number of hydrogen-bond donors (Lipinski definition) is 1. The van der Waals surface area contributed by atoms with Crippen molar-refractivity contribution in [3.05, 3.63) is 35.3 Å². The van der Waals surface area contributed by atoms with E-state index in [-0.39, 0.29) is 11.7 Å². The molecule has 2 aromatic rings. The van der Waals surface area contributed by atoms with Crippen molar-refractivity contribution >= 4 is 16.8 Å². The van der Waals surface area contributed by atoms with Crippen LogP contribution in [0.2, 0.25) is 0 Å². The summed E-state index contributed by atoms with van der Waals surface area (Å²) in [7, 11) is 0. The molecular formula is C16H21FN2O2. The number of halogens is 1. The number of morpholine rings is 1. The Morgan fingerprint density at radius 2 is 1.95 bits per heavy atom. The summed E-state index contributed by atoms with van der Waals surface area (Å²) in [6.45, 7) is 8.18. The van der Waals surface area contributed by atoms with Crippen LogP contribution < -0.4 is 0 Å². The van der Waals surface area contributed by atoms with Crippen molar-refractivity contribution < 1.29 is 13.9 Å². The molecule has 0 aliphatic carbocycles. The quantitative estimate of drug-likeness (QED) is 0.877. The van der Waals surface area contributed by atoms with Crippen LogP contribution in [0.25, 0.3) is 10.9 Å². The number of hydrogen-bond acceptors (Lipinski definition) is 2. The highest BCUT2D eigenvalue weighted by Crippen LogP contribution is 2.23. The first-order valence-corrected chi connectivity index (χ1v) is 7.31. The van der Waals surface area contributed by atoms with Gasteiger partial charge in [0.05, 0.1) is 13.2 Å². The predicted octanol–water partition coefficient (Wildman–Crippen LogP) is 3.11. The average molecular weight is 292 g/mol. The number of ether oxygens (including phenoxy) is 1. The minimum absolute atomic E-state index is 0.0441. The zero-order chi connectivity index (χ0) is 15.4. The Morgan fingerprint density at radius 1 is 1.29 bits per heavy atom. The molecule has 0 saturated carbocycles. The van der Waals surface area contributed by atoms with E-state index in [9.17, 15) is 9.18 Å². The number of carbonyl (C=O) groups excluding carboxylic acids is 1. The van der Waals surface area contributed by atoms with Crippen molar-refractivity contribution in [1.29, 1.82) is 0 Å². The van der Waals surface area contributed by atoms with E-state index in [2.05, 4.69) is 4.98 Å². The second-order valence-electron chi connectivity index (χ2n) is 4.72. The summed E-state index contributed by atoms with van der Waals surface area (Å²) in [5.41, 5.74) is 2.13. The maximum atomic E-state index is 13.3. The van der Waals surface area contributed by atoms with Crippen molar-refractivity contribution in [2.24, 2.45) is 0 Å². The standard InChI is InChI=1S/C14H15FN2O2.C2H6/c1-9-11-8-10(15)2-3-12(11)16-13(9)14(18)17-4-6-19-7-5-17;1-2/h2-3,8,16H,4-7H2,1H3;1-2H3. The lowest BCUT2D eigenvalue weighted by Gasteiger charge is -2.26. The molecule has 1 aromatic carbocycles. The molecule has 3 rings (SSSR count). The summed E-state index contributed by atoms with van der Waals surface area (Å²) in [6, 6.07) is 4.51. The van der Waals surface area contributed by atoms with Crippen LogP contribution in [0.1, 0.15) is 29.9 Å². The van der Waals surface area contributed by atoms with E-state index in [1.807, 2.05) is 20.8 Å². The monoisotopic (exact) mass is 292 g/mol. The van der Waals surface area contributed by atoms with Gasteiger partial charge in [0.2, 0.25) is 0 Å². The van der Waals surface area contributed by atoms with Crippen LogP contribution in [0.3, 0.4) is 0 Å². The lowest BCUT2D eigenvalue weighted by Crippen LogP contribution is -2.41. The molecule has 1 N–H and O–H groups in total. The van der Waals surface area contributed by atoms with Crippen LogP contribution in [-0.4, -0.2) is 42.1 Å². The van der Waals surface area contributed by atoms with Gasteiger partial charge in [-0.3, -0.25) is 4.79 Å². The number of carbonyl (C=O) groups is 1. The first-order valence-electron chi connectivity index (χ1n) is 7.31. The number of H-pyrrole nitrogens is 1. The molecule has 0 bridgehead atoms. The van der Waals surface area contributed by atoms with E-state index in [0.29, 0.717) is 32.0 Å². The van der Waals surface area contributed by atoms with Crippen LogP contribution in [0.5, 0.6) is 0 Å². The molecule has 0 spiro atoms. The van der Waals surface area contributed by atoms with Gasteiger partial charge in [0.15, 0.2) is 0 Å². The summed E-state index contributed by atoms with van der Waals surface area (Å²) >= 11 is 0. The fraction of sp³-hybridized carbons (Fsp3) is 0.438. The molecule has 1 aromatic heterocycles. The molecule has 21 heavy (non-hydrogen) atoms. The number of nitrogens with zero attached hydrogens (tertiary/aromatic N) is 1. The largest absolute Gasteiger partial charge is 0.378 e. The second kappa shape index (κ2) is 6.72. The van der Waals surface area contributed by atoms with Gasteiger partial charge in [-0.05, 0) is 30.7 Å². The van der Waals surface area contributed by atoms with Gasteiger partial charge in [-0.1, -0.05) is 13.8 Å². The summed E-state index contributed by atoms with van der Waals surface area (Å²) in [5, 5.41) is 0.761. The molecule has 0 atom stereocenters. The normalized spacial score (nSPS) is 14.8. The molecule has 1 amide bonds. The third kappa shape index (κ3) is 3.08. The van der Waals surface area contributed by atoms with E-state index < -0.39 is 0 Å². The van der Waals surface area contributed by atoms with Crippen LogP contribution >= 0.6 is 0 Å². The van der Waals surface area contributed by atoms with Crippen LogP contribution in [0.15, 0.2) is 18.2 Å². The molecule has 2 heterocycles. The maximum absolute atomic E-state index is 13.3. The van der Waals surface area contributed by atoms with E-state index in [4.69, 9.17) is 4.74 Å². The Bertz CT molecular complexity index is 630. The number of aromatic amines is 1. The lowest BCUT2D eigenvalue weighted by molar-refractivity contribution is 0.0299. The van der Waals surface area contributed by atoms with Gasteiger partial charge >= 0.3 is 0 Å². The average Bonchev–Trinajstić information content (AvgIpc) is 2.86. The highest BCUT2D eigenvalue weighted by molar-refractivity contribution is 6.00. The van der Waals surface area contributed by atoms with Crippen molar-refractivity contribution in [3.63, 3.8) is 0 Å². The Kier molecular flexibility index (Phi) is 4.96. The molecule has 0 radical (unpaired) electrons. The fourth-order valence-electron chi connectivity index (χ4n) is 2.44. The van der Waals surface area contributed by atoms with Gasteiger partial charge in [-0.15, -0.1) is 0 Å². The van der Waals surface area contributed by atoms with E-state index in [1.54, 1.807) is 11.0 Å². The Morgan fingerprint density at radius 3 is 2.62 bits per heavy atom. The minimum atomic E-state index is -0.292. The topological polar surface area (TPSA) is 45.3 Å². The number of amides is 1. The van der Waals surface area contributed by atoms with E-state index in [0.717, 1.165) is 16.5 Å². The lowest BCUT2D eigenvalue weighted by atomic mass is 10.1. The summed E-state index contributed by atoms with van der Waals surface area (Å²) in [4.78, 5) is 17.3. The molecule has 1 aliphatic rings. The van der Waals surface area contributed by atoms with Gasteiger partial charge in [0.1, 0.15) is 11.5 Å². The molecule has 1 aliphatic heterocycles. The molecule has 5 heteroatoms. The summed E-state index contributed by atoms with van der Waals surface area (Å²) < 4.78 is 18.5. The molecule has 4 nitrogen and oxygen atoms in total. The highest BCUT2D eigenvalue weighted by atomic mass is 19.1. The Hall–Kier alpha value is -1.88.